The van der Waals surface area contributed by atoms with Gasteiger partial charge in [-0.1, -0.05) is 12.2 Å². The number of fused-ring (bicyclic) bond motifs is 1. The lowest BCUT2D eigenvalue weighted by Crippen LogP contribution is -2.54. The van der Waals surface area contributed by atoms with Crippen molar-refractivity contribution in [3.05, 3.63) is 12.2 Å². The molecule has 3 heteroatoms. The fourth-order valence-corrected chi connectivity index (χ4v) is 3.58. The van der Waals surface area contributed by atoms with Gasteiger partial charge in [0.2, 0.25) is 0 Å². The van der Waals surface area contributed by atoms with E-state index in [4.69, 9.17) is 4.74 Å². The fraction of sp³-hybridized carbons (Fsp3) is 0.667. The van der Waals surface area contributed by atoms with Crippen LogP contribution < -0.4 is 0 Å². The second-order valence-corrected chi connectivity index (χ2v) is 5.26. The first-order chi connectivity index (χ1) is 7.01. The highest BCUT2D eigenvalue weighted by Crippen LogP contribution is 2.64. The van der Waals surface area contributed by atoms with Gasteiger partial charge in [0.25, 0.3) is 0 Å². The van der Waals surface area contributed by atoms with Gasteiger partial charge in [0.1, 0.15) is 0 Å². The smallest absolute Gasteiger partial charge is 0.321 e. The van der Waals surface area contributed by atoms with Crippen LogP contribution in [-0.2, 0) is 14.3 Å². The van der Waals surface area contributed by atoms with Crippen molar-refractivity contribution in [2.24, 2.45) is 22.7 Å². The predicted octanol–water partition coefficient (Wildman–Crippen LogP) is 1.68. The van der Waals surface area contributed by atoms with Crippen molar-refractivity contribution in [1.29, 1.82) is 0 Å². The maximum atomic E-state index is 11.9. The van der Waals surface area contributed by atoms with Crippen LogP contribution >= 0.6 is 0 Å². The zero-order valence-corrected chi connectivity index (χ0v) is 8.95. The third kappa shape index (κ3) is 0.724. The quantitative estimate of drug-likeness (QED) is 0.344. The summed E-state index contributed by atoms with van der Waals surface area (Å²) in [6.45, 7) is 3.78. The summed E-state index contributed by atoms with van der Waals surface area (Å²) in [4.78, 5) is 23.7. The van der Waals surface area contributed by atoms with Crippen LogP contribution in [0.1, 0.15) is 26.7 Å². The Kier molecular flexibility index (Phi) is 1.42. The molecule has 0 unspecified atom stereocenters. The van der Waals surface area contributed by atoms with E-state index in [1.807, 2.05) is 13.8 Å². The van der Waals surface area contributed by atoms with E-state index in [1.165, 1.54) is 0 Å². The van der Waals surface area contributed by atoms with Crippen molar-refractivity contribution in [2.45, 2.75) is 26.7 Å². The topological polar surface area (TPSA) is 43.4 Å². The van der Waals surface area contributed by atoms with Gasteiger partial charge in [-0.15, -0.1) is 0 Å². The highest BCUT2D eigenvalue weighted by atomic mass is 16.6. The Hall–Kier alpha value is -1.12. The van der Waals surface area contributed by atoms with Crippen LogP contribution in [0.2, 0.25) is 0 Å². The van der Waals surface area contributed by atoms with Crippen LogP contribution in [0.25, 0.3) is 0 Å². The summed E-state index contributed by atoms with van der Waals surface area (Å²) < 4.78 is 4.88. The number of carbonyl (C=O) groups is 2. The molecule has 4 atom stereocenters. The predicted molar refractivity (Wildman–Crippen MR) is 52.7 cm³/mol. The van der Waals surface area contributed by atoms with Crippen LogP contribution in [0, 0.1) is 22.7 Å². The van der Waals surface area contributed by atoms with Gasteiger partial charge in [-0.3, -0.25) is 9.59 Å². The zero-order chi connectivity index (χ0) is 10.8. The minimum Gasteiger partial charge on any atom is -0.392 e. The molecule has 15 heavy (non-hydrogen) atoms. The summed E-state index contributed by atoms with van der Waals surface area (Å²) in [7, 11) is 0. The van der Waals surface area contributed by atoms with Gasteiger partial charge in [0.05, 0.1) is 10.8 Å². The number of carbonyl (C=O) groups excluding carboxylic acids is 2. The molecule has 1 heterocycles. The van der Waals surface area contributed by atoms with Gasteiger partial charge in [-0.2, -0.15) is 0 Å². The number of ether oxygens (including phenoxy) is 1. The Morgan fingerprint density at radius 3 is 1.80 bits per heavy atom. The Balaban J connectivity index is 2.25. The molecule has 1 saturated heterocycles. The SMILES string of the molecule is C[C@@]12C(=O)OC(=O)[C@@]1(C)[C@H]1C=C[C@H]2CC1. The first kappa shape index (κ1) is 9.13. The molecule has 1 aliphatic heterocycles. The second-order valence-electron chi connectivity index (χ2n) is 5.26. The van der Waals surface area contributed by atoms with Gasteiger partial charge in [0.15, 0.2) is 0 Å². The lowest BCUT2D eigenvalue weighted by atomic mass is 9.47. The minimum atomic E-state index is -0.623. The van der Waals surface area contributed by atoms with Crippen molar-refractivity contribution in [3.8, 4) is 0 Å². The monoisotopic (exact) mass is 206 g/mol. The molecule has 4 aliphatic rings. The maximum absolute atomic E-state index is 11.9. The summed E-state index contributed by atoms with van der Waals surface area (Å²) in [5.41, 5.74) is -1.25. The van der Waals surface area contributed by atoms with Crippen LogP contribution in [-0.4, -0.2) is 11.9 Å². The van der Waals surface area contributed by atoms with Crippen molar-refractivity contribution in [1.82, 2.24) is 0 Å². The summed E-state index contributed by atoms with van der Waals surface area (Å²) in [6, 6.07) is 0. The molecule has 1 saturated carbocycles. The molecule has 0 aromatic heterocycles. The average Bonchev–Trinajstić information content (AvgIpc) is 2.42. The van der Waals surface area contributed by atoms with E-state index >= 15 is 0 Å². The number of rotatable bonds is 0. The number of esters is 2. The van der Waals surface area contributed by atoms with Crippen LogP contribution in [0.15, 0.2) is 12.2 Å². The largest absolute Gasteiger partial charge is 0.392 e. The average molecular weight is 206 g/mol. The molecule has 0 aromatic carbocycles. The molecule has 3 aliphatic carbocycles. The Morgan fingerprint density at radius 2 is 1.47 bits per heavy atom. The van der Waals surface area contributed by atoms with E-state index in [1.54, 1.807) is 0 Å². The molecule has 2 fully saturated rings. The summed E-state index contributed by atoms with van der Waals surface area (Å²) in [5.74, 6) is -0.305. The van der Waals surface area contributed by atoms with Crippen molar-refractivity contribution in [2.75, 3.05) is 0 Å². The van der Waals surface area contributed by atoms with Crippen molar-refractivity contribution >= 4 is 11.9 Å². The highest BCUT2D eigenvalue weighted by molar-refractivity contribution is 6.02. The Morgan fingerprint density at radius 1 is 1.07 bits per heavy atom. The van der Waals surface area contributed by atoms with Crippen LogP contribution in [0.5, 0.6) is 0 Å². The molecular formula is C12H14O3. The van der Waals surface area contributed by atoms with Gasteiger partial charge < -0.3 is 4.74 Å². The molecule has 0 N–H and O–H groups in total. The van der Waals surface area contributed by atoms with Gasteiger partial charge in [-0.05, 0) is 38.5 Å². The van der Waals surface area contributed by atoms with Crippen molar-refractivity contribution < 1.29 is 14.3 Å². The van der Waals surface area contributed by atoms with Crippen LogP contribution in [0.3, 0.4) is 0 Å². The van der Waals surface area contributed by atoms with Gasteiger partial charge >= 0.3 is 11.9 Å². The molecule has 0 radical (unpaired) electrons. The standard InChI is InChI=1S/C12H14O3/c1-11-7-3-5-8(6-4-7)12(11,2)10(14)15-9(11)13/h3,5,7-8H,4,6H2,1-2H3/t7-,8-,11+,12+/m0/s1. The highest BCUT2D eigenvalue weighted by Gasteiger charge is 2.71. The number of cyclic esters (lactones) is 2. The van der Waals surface area contributed by atoms with E-state index in [2.05, 4.69) is 12.2 Å². The lowest BCUT2D eigenvalue weighted by molar-refractivity contribution is -0.156. The summed E-state index contributed by atoms with van der Waals surface area (Å²) >= 11 is 0. The molecule has 80 valence electrons. The summed E-state index contributed by atoms with van der Waals surface area (Å²) in [6.07, 6.45) is 6.18. The third-order valence-corrected chi connectivity index (χ3v) is 4.96. The molecular weight excluding hydrogens is 192 g/mol. The van der Waals surface area contributed by atoms with E-state index in [-0.39, 0.29) is 23.8 Å². The maximum Gasteiger partial charge on any atom is 0.321 e. The van der Waals surface area contributed by atoms with Gasteiger partial charge in [-0.25, -0.2) is 0 Å². The molecule has 3 nitrogen and oxygen atoms in total. The van der Waals surface area contributed by atoms with E-state index in [0.717, 1.165) is 12.8 Å². The second kappa shape index (κ2) is 2.34. The number of hydrogen-bond donors (Lipinski definition) is 0. The Labute approximate surface area is 88.5 Å². The van der Waals surface area contributed by atoms with E-state index in [9.17, 15) is 9.59 Å². The lowest BCUT2D eigenvalue weighted by Gasteiger charge is -2.51. The van der Waals surface area contributed by atoms with E-state index in [0.29, 0.717) is 0 Å². The van der Waals surface area contributed by atoms with Crippen LogP contribution in [0.4, 0.5) is 0 Å². The molecule has 2 bridgehead atoms. The normalized spacial score (nSPS) is 51.9. The molecule has 0 amide bonds. The molecule has 0 aromatic rings. The van der Waals surface area contributed by atoms with Gasteiger partial charge in [0, 0.05) is 0 Å². The Bertz CT molecular complexity index is 362. The first-order valence-corrected chi connectivity index (χ1v) is 5.46. The summed E-state index contributed by atoms with van der Waals surface area (Å²) in [5, 5.41) is 0. The van der Waals surface area contributed by atoms with E-state index < -0.39 is 10.8 Å². The molecule has 4 rings (SSSR count). The third-order valence-electron chi connectivity index (χ3n) is 4.96. The van der Waals surface area contributed by atoms with Crippen molar-refractivity contribution in [3.63, 3.8) is 0 Å². The first-order valence-electron chi connectivity index (χ1n) is 5.46. The number of hydrogen-bond acceptors (Lipinski definition) is 3. The fourth-order valence-electron chi connectivity index (χ4n) is 3.58. The number of allylic oxidation sites excluding steroid dienone is 2. The molecule has 0 spiro atoms. The zero-order valence-electron chi connectivity index (χ0n) is 8.95. The minimum absolute atomic E-state index is 0.173.